The van der Waals surface area contributed by atoms with Crippen molar-refractivity contribution in [2.75, 3.05) is 6.54 Å². The number of imidazole rings is 1. The standard InChI is InChI=1S/C10H10F3N3O2S/c11-10(12,13)7(17)4-14-8(18)3-6-5-16-1-2-19-9(16)15-6/h1-2,5,7,17H,3-4H2,(H,14,18). The summed E-state index contributed by atoms with van der Waals surface area (Å²) in [5.74, 6) is -0.617. The van der Waals surface area contributed by atoms with Crippen LogP contribution in [0.25, 0.3) is 4.96 Å². The highest BCUT2D eigenvalue weighted by atomic mass is 32.1. The van der Waals surface area contributed by atoms with Crippen molar-refractivity contribution < 1.29 is 23.1 Å². The number of carbonyl (C=O) groups excluding carboxylic acids is 1. The summed E-state index contributed by atoms with van der Waals surface area (Å²) in [4.78, 5) is 16.2. The molecule has 19 heavy (non-hydrogen) atoms. The minimum Gasteiger partial charge on any atom is -0.382 e. The van der Waals surface area contributed by atoms with Crippen molar-refractivity contribution in [2.24, 2.45) is 0 Å². The second-order valence-electron chi connectivity index (χ2n) is 3.86. The number of carbonyl (C=O) groups is 1. The Morgan fingerprint density at radius 2 is 2.32 bits per heavy atom. The van der Waals surface area contributed by atoms with Gasteiger partial charge in [0, 0.05) is 17.8 Å². The Morgan fingerprint density at radius 3 is 2.95 bits per heavy atom. The number of aliphatic hydroxyl groups is 1. The average molecular weight is 293 g/mol. The maximum Gasteiger partial charge on any atom is 0.416 e. The highest BCUT2D eigenvalue weighted by Crippen LogP contribution is 2.19. The van der Waals surface area contributed by atoms with E-state index in [2.05, 4.69) is 4.98 Å². The molecule has 2 aromatic heterocycles. The van der Waals surface area contributed by atoms with Gasteiger partial charge in [0.2, 0.25) is 5.91 Å². The minimum absolute atomic E-state index is 0.126. The van der Waals surface area contributed by atoms with Gasteiger partial charge in [-0.1, -0.05) is 0 Å². The summed E-state index contributed by atoms with van der Waals surface area (Å²) in [6.07, 6.45) is -4.02. The maximum atomic E-state index is 12.0. The first-order valence-electron chi connectivity index (χ1n) is 5.29. The van der Waals surface area contributed by atoms with Crippen molar-refractivity contribution in [1.29, 1.82) is 0 Å². The first-order chi connectivity index (χ1) is 8.86. The summed E-state index contributed by atoms with van der Waals surface area (Å²) in [7, 11) is 0. The number of aromatic nitrogens is 2. The molecule has 9 heteroatoms. The second-order valence-corrected chi connectivity index (χ2v) is 4.74. The number of hydrogen-bond donors (Lipinski definition) is 2. The molecule has 2 aromatic rings. The van der Waals surface area contributed by atoms with Gasteiger partial charge in [-0.15, -0.1) is 11.3 Å². The van der Waals surface area contributed by atoms with E-state index >= 15 is 0 Å². The largest absolute Gasteiger partial charge is 0.416 e. The van der Waals surface area contributed by atoms with E-state index in [4.69, 9.17) is 5.11 Å². The predicted molar refractivity (Wildman–Crippen MR) is 61.8 cm³/mol. The van der Waals surface area contributed by atoms with E-state index in [0.717, 1.165) is 0 Å². The number of nitrogens with zero attached hydrogens (tertiary/aromatic N) is 2. The first-order valence-corrected chi connectivity index (χ1v) is 6.17. The lowest BCUT2D eigenvalue weighted by atomic mass is 10.3. The molecule has 0 radical (unpaired) electrons. The molecule has 2 heterocycles. The van der Waals surface area contributed by atoms with Crippen LogP contribution in [0, 0.1) is 0 Å². The van der Waals surface area contributed by atoms with Gasteiger partial charge in [0.1, 0.15) is 0 Å². The van der Waals surface area contributed by atoms with Gasteiger partial charge in [-0.3, -0.25) is 9.20 Å². The van der Waals surface area contributed by atoms with Crippen molar-refractivity contribution in [3.8, 4) is 0 Å². The van der Waals surface area contributed by atoms with Gasteiger partial charge in [0.15, 0.2) is 11.1 Å². The molecule has 5 nitrogen and oxygen atoms in total. The van der Waals surface area contributed by atoms with Crippen LogP contribution in [0.1, 0.15) is 5.69 Å². The Labute approximate surface area is 109 Å². The number of aliphatic hydroxyl groups excluding tert-OH is 1. The third kappa shape index (κ3) is 3.44. The van der Waals surface area contributed by atoms with E-state index in [1.54, 1.807) is 16.8 Å². The highest BCUT2D eigenvalue weighted by molar-refractivity contribution is 7.15. The predicted octanol–water partition coefficient (Wildman–Crippen LogP) is 0.978. The molecule has 0 saturated heterocycles. The number of amides is 1. The molecule has 104 valence electrons. The number of halogens is 3. The molecule has 2 N–H and O–H groups in total. The van der Waals surface area contributed by atoms with Crippen molar-refractivity contribution in [3.63, 3.8) is 0 Å². The topological polar surface area (TPSA) is 66.6 Å². The molecule has 0 aliphatic rings. The number of hydrogen-bond acceptors (Lipinski definition) is 4. The molecule has 0 aliphatic heterocycles. The molecule has 0 fully saturated rings. The summed E-state index contributed by atoms with van der Waals surface area (Å²) >= 11 is 1.39. The van der Waals surface area contributed by atoms with Gasteiger partial charge < -0.3 is 10.4 Å². The lowest BCUT2D eigenvalue weighted by Crippen LogP contribution is -2.41. The van der Waals surface area contributed by atoms with Crippen molar-refractivity contribution in [3.05, 3.63) is 23.5 Å². The molecule has 0 bridgehead atoms. The summed E-state index contributed by atoms with van der Waals surface area (Å²) < 4.78 is 37.7. The van der Waals surface area contributed by atoms with Crippen LogP contribution in [0.4, 0.5) is 13.2 Å². The monoisotopic (exact) mass is 293 g/mol. The van der Waals surface area contributed by atoms with Crippen LogP contribution in [0.5, 0.6) is 0 Å². The van der Waals surface area contributed by atoms with Crippen LogP contribution in [-0.4, -0.2) is 39.2 Å². The molecular formula is C10H10F3N3O2S. The quantitative estimate of drug-likeness (QED) is 0.883. The molecule has 0 saturated carbocycles. The molecule has 1 atom stereocenters. The highest BCUT2D eigenvalue weighted by Gasteiger charge is 2.38. The van der Waals surface area contributed by atoms with Gasteiger partial charge in [0.05, 0.1) is 18.7 Å². The van der Waals surface area contributed by atoms with Crippen molar-refractivity contribution >= 4 is 22.2 Å². The van der Waals surface area contributed by atoms with Gasteiger partial charge in [0.25, 0.3) is 0 Å². The van der Waals surface area contributed by atoms with Gasteiger partial charge in [-0.2, -0.15) is 13.2 Å². The molecule has 0 aliphatic carbocycles. The van der Waals surface area contributed by atoms with Crippen LogP contribution < -0.4 is 5.32 Å². The summed E-state index contributed by atoms with van der Waals surface area (Å²) in [5.41, 5.74) is 0.464. The lowest BCUT2D eigenvalue weighted by molar-refractivity contribution is -0.201. The van der Waals surface area contributed by atoms with Crippen LogP contribution in [0.3, 0.4) is 0 Å². The van der Waals surface area contributed by atoms with E-state index in [1.807, 2.05) is 10.7 Å². The van der Waals surface area contributed by atoms with Crippen molar-refractivity contribution in [2.45, 2.75) is 18.7 Å². The van der Waals surface area contributed by atoms with Crippen molar-refractivity contribution in [1.82, 2.24) is 14.7 Å². The fourth-order valence-electron chi connectivity index (χ4n) is 1.41. The molecule has 2 rings (SSSR count). The Hall–Kier alpha value is -1.61. The number of nitrogens with one attached hydrogen (secondary N) is 1. The molecular weight excluding hydrogens is 283 g/mol. The maximum absolute atomic E-state index is 12.0. The van der Waals surface area contributed by atoms with Crippen LogP contribution >= 0.6 is 11.3 Å². The SMILES string of the molecule is O=C(Cc1cn2ccsc2n1)NCC(O)C(F)(F)F. The van der Waals surface area contributed by atoms with Crippen LogP contribution in [0.15, 0.2) is 17.8 Å². The van der Waals surface area contributed by atoms with E-state index in [-0.39, 0.29) is 6.42 Å². The van der Waals surface area contributed by atoms with E-state index in [1.165, 1.54) is 11.3 Å². The second kappa shape index (κ2) is 5.17. The fourth-order valence-corrected chi connectivity index (χ4v) is 2.13. The fraction of sp³-hybridized carbons (Fsp3) is 0.400. The minimum atomic E-state index is -4.73. The average Bonchev–Trinajstić information content (AvgIpc) is 2.84. The molecule has 0 aromatic carbocycles. The molecule has 1 unspecified atom stereocenters. The summed E-state index contributed by atoms with van der Waals surface area (Å²) in [6, 6.07) is 0. The number of alkyl halides is 3. The Balaban J connectivity index is 1.86. The van der Waals surface area contributed by atoms with E-state index < -0.39 is 24.7 Å². The third-order valence-corrected chi connectivity index (χ3v) is 3.13. The van der Waals surface area contributed by atoms with Gasteiger partial charge in [-0.25, -0.2) is 4.98 Å². The first kappa shape index (κ1) is 13.8. The van der Waals surface area contributed by atoms with Gasteiger partial charge >= 0.3 is 6.18 Å². The summed E-state index contributed by atoms with van der Waals surface area (Å²) in [6.45, 7) is -0.857. The zero-order chi connectivity index (χ0) is 14.0. The Bertz CT molecular complexity index is 549. The molecule has 1 amide bonds. The van der Waals surface area contributed by atoms with Gasteiger partial charge in [-0.05, 0) is 0 Å². The zero-order valence-electron chi connectivity index (χ0n) is 9.52. The number of rotatable bonds is 4. The number of thiazole rings is 1. The van der Waals surface area contributed by atoms with Crippen LogP contribution in [-0.2, 0) is 11.2 Å². The van der Waals surface area contributed by atoms with E-state index in [9.17, 15) is 18.0 Å². The van der Waals surface area contributed by atoms with E-state index in [0.29, 0.717) is 10.7 Å². The molecule has 0 spiro atoms. The smallest absolute Gasteiger partial charge is 0.382 e. The lowest BCUT2D eigenvalue weighted by Gasteiger charge is -2.14. The number of fused-ring (bicyclic) bond motifs is 1. The normalized spacial score (nSPS) is 13.7. The van der Waals surface area contributed by atoms with Crippen LogP contribution in [0.2, 0.25) is 0 Å². The Morgan fingerprint density at radius 1 is 1.58 bits per heavy atom. The third-order valence-electron chi connectivity index (χ3n) is 2.36. The summed E-state index contributed by atoms with van der Waals surface area (Å²) in [5, 5.41) is 12.6. The Kier molecular flexibility index (Phi) is 3.76. The zero-order valence-corrected chi connectivity index (χ0v) is 10.3.